The van der Waals surface area contributed by atoms with E-state index in [0.717, 1.165) is 54.8 Å². The summed E-state index contributed by atoms with van der Waals surface area (Å²) in [4.78, 5) is 17.2. The maximum Gasteiger partial charge on any atom is 0.163 e. The third-order valence-electron chi connectivity index (χ3n) is 5.45. The van der Waals surface area contributed by atoms with Crippen molar-refractivity contribution in [3.63, 3.8) is 0 Å². The molecule has 0 amide bonds. The molecule has 4 aromatic rings. The van der Waals surface area contributed by atoms with E-state index in [1.54, 1.807) is 11.3 Å². The van der Waals surface area contributed by atoms with Gasteiger partial charge in [0.2, 0.25) is 0 Å². The van der Waals surface area contributed by atoms with Crippen LogP contribution in [0.5, 0.6) is 0 Å². The van der Waals surface area contributed by atoms with Crippen LogP contribution in [0, 0.1) is 6.92 Å². The number of aryl methyl sites for hydroxylation is 1. The average molecular weight is 401 g/mol. The average Bonchev–Trinajstić information content (AvgIpc) is 3.15. The van der Waals surface area contributed by atoms with Gasteiger partial charge in [-0.2, -0.15) is 0 Å². The first-order chi connectivity index (χ1) is 14.3. The molecule has 1 saturated heterocycles. The molecule has 5 rings (SSSR count). The molecule has 0 unspecified atom stereocenters. The summed E-state index contributed by atoms with van der Waals surface area (Å²) >= 11 is 1.75. The van der Waals surface area contributed by atoms with Gasteiger partial charge in [-0.1, -0.05) is 60.7 Å². The number of thiophene rings is 1. The molecule has 1 aliphatic rings. The van der Waals surface area contributed by atoms with Gasteiger partial charge in [0.25, 0.3) is 0 Å². The molecule has 146 valence electrons. The van der Waals surface area contributed by atoms with E-state index in [2.05, 4.69) is 65.3 Å². The topological polar surface area (TPSA) is 32.3 Å². The molecule has 5 heteroatoms. The number of rotatable bonds is 4. The fourth-order valence-corrected chi connectivity index (χ4v) is 4.82. The van der Waals surface area contributed by atoms with Gasteiger partial charge in [-0.25, -0.2) is 9.97 Å². The number of benzene rings is 2. The van der Waals surface area contributed by atoms with E-state index < -0.39 is 0 Å². The van der Waals surface area contributed by atoms with Crippen LogP contribution in [0.1, 0.15) is 10.4 Å². The monoisotopic (exact) mass is 400 g/mol. The van der Waals surface area contributed by atoms with Crippen molar-refractivity contribution in [2.45, 2.75) is 13.5 Å². The molecule has 1 fully saturated rings. The van der Waals surface area contributed by atoms with Crippen LogP contribution in [0.4, 0.5) is 5.82 Å². The van der Waals surface area contributed by atoms with E-state index in [9.17, 15) is 0 Å². The third-order valence-corrected chi connectivity index (χ3v) is 6.39. The van der Waals surface area contributed by atoms with Gasteiger partial charge < -0.3 is 4.90 Å². The Morgan fingerprint density at radius 1 is 0.862 bits per heavy atom. The van der Waals surface area contributed by atoms with Gasteiger partial charge in [-0.15, -0.1) is 11.3 Å². The van der Waals surface area contributed by atoms with Crippen molar-refractivity contribution in [3.8, 4) is 11.4 Å². The molecule has 0 aliphatic carbocycles. The van der Waals surface area contributed by atoms with Crippen LogP contribution in [0.2, 0.25) is 0 Å². The molecule has 0 bridgehead atoms. The van der Waals surface area contributed by atoms with Crippen molar-refractivity contribution in [1.29, 1.82) is 0 Å². The van der Waals surface area contributed by atoms with E-state index in [4.69, 9.17) is 9.97 Å². The Morgan fingerprint density at radius 2 is 1.55 bits per heavy atom. The van der Waals surface area contributed by atoms with E-state index in [1.807, 2.05) is 18.2 Å². The molecule has 2 aromatic heterocycles. The minimum atomic E-state index is 0.821. The largest absolute Gasteiger partial charge is 0.353 e. The number of hydrogen-bond acceptors (Lipinski definition) is 5. The van der Waals surface area contributed by atoms with Crippen LogP contribution >= 0.6 is 11.3 Å². The van der Waals surface area contributed by atoms with Crippen molar-refractivity contribution in [2.75, 3.05) is 31.1 Å². The number of piperazine rings is 1. The summed E-state index contributed by atoms with van der Waals surface area (Å²) in [6.45, 7) is 7.23. The molecule has 0 saturated carbocycles. The van der Waals surface area contributed by atoms with Crippen molar-refractivity contribution in [1.82, 2.24) is 14.9 Å². The number of fused-ring (bicyclic) bond motifs is 1. The number of aromatic nitrogens is 2. The normalized spacial score (nSPS) is 15.1. The third kappa shape index (κ3) is 3.88. The first-order valence-electron chi connectivity index (χ1n) is 10.1. The zero-order chi connectivity index (χ0) is 19.6. The highest BCUT2D eigenvalue weighted by Gasteiger charge is 2.22. The summed E-state index contributed by atoms with van der Waals surface area (Å²) in [7, 11) is 0. The van der Waals surface area contributed by atoms with Crippen molar-refractivity contribution < 1.29 is 0 Å². The van der Waals surface area contributed by atoms with Gasteiger partial charge in [0.1, 0.15) is 10.6 Å². The lowest BCUT2D eigenvalue weighted by Crippen LogP contribution is -2.46. The van der Waals surface area contributed by atoms with E-state index >= 15 is 0 Å². The maximum absolute atomic E-state index is 5.02. The molecular formula is C24H24N4S. The highest BCUT2D eigenvalue weighted by atomic mass is 32.1. The van der Waals surface area contributed by atoms with Gasteiger partial charge in [0.05, 0.1) is 5.39 Å². The Balaban J connectivity index is 1.41. The molecule has 29 heavy (non-hydrogen) atoms. The fourth-order valence-electron chi connectivity index (χ4n) is 3.94. The van der Waals surface area contributed by atoms with E-state index in [0.29, 0.717) is 0 Å². The van der Waals surface area contributed by atoms with Gasteiger partial charge in [-0.05, 0) is 18.6 Å². The van der Waals surface area contributed by atoms with Gasteiger partial charge >= 0.3 is 0 Å². The Labute approximate surface area is 175 Å². The second kappa shape index (κ2) is 7.93. The van der Waals surface area contributed by atoms with Crippen LogP contribution in [0.3, 0.4) is 0 Å². The lowest BCUT2D eigenvalue weighted by atomic mass is 10.2. The lowest BCUT2D eigenvalue weighted by molar-refractivity contribution is 0.249. The van der Waals surface area contributed by atoms with Crippen LogP contribution in [-0.2, 0) is 6.54 Å². The predicted molar refractivity (Wildman–Crippen MR) is 122 cm³/mol. The van der Waals surface area contributed by atoms with E-state index in [-0.39, 0.29) is 0 Å². The van der Waals surface area contributed by atoms with Crippen molar-refractivity contribution in [3.05, 3.63) is 77.2 Å². The Kier molecular flexibility index (Phi) is 5.00. The number of hydrogen-bond donors (Lipinski definition) is 0. The van der Waals surface area contributed by atoms with E-state index in [1.165, 1.54) is 15.8 Å². The standard InChI is InChI=1S/C24H24N4S/c1-18-16-21-23(25-22(26-24(21)29-18)20-10-6-3-7-11-20)28-14-12-27(13-15-28)17-19-8-4-2-5-9-19/h2-11,16H,12-15,17H2,1H3. The highest BCUT2D eigenvalue weighted by Crippen LogP contribution is 2.33. The fraction of sp³-hybridized carbons (Fsp3) is 0.250. The van der Waals surface area contributed by atoms with Crippen molar-refractivity contribution >= 4 is 27.4 Å². The summed E-state index contributed by atoms with van der Waals surface area (Å²) in [6, 6.07) is 23.3. The quantitative estimate of drug-likeness (QED) is 0.483. The second-order valence-corrected chi connectivity index (χ2v) is 8.80. The minimum absolute atomic E-state index is 0.821. The lowest BCUT2D eigenvalue weighted by Gasteiger charge is -2.35. The van der Waals surface area contributed by atoms with Gasteiger partial charge in [0, 0.05) is 43.2 Å². The first-order valence-corrected chi connectivity index (χ1v) is 10.9. The maximum atomic E-state index is 5.02. The van der Waals surface area contributed by atoms with Crippen LogP contribution < -0.4 is 4.90 Å². The predicted octanol–water partition coefficient (Wildman–Crippen LogP) is 4.99. The zero-order valence-corrected chi connectivity index (χ0v) is 17.4. The Morgan fingerprint density at radius 3 is 2.28 bits per heavy atom. The summed E-state index contributed by atoms with van der Waals surface area (Å²) in [5, 5.41) is 1.18. The molecule has 0 spiro atoms. The second-order valence-electron chi connectivity index (χ2n) is 7.56. The summed E-state index contributed by atoms with van der Waals surface area (Å²) in [5.41, 5.74) is 2.45. The van der Waals surface area contributed by atoms with Gasteiger partial charge in [-0.3, -0.25) is 4.90 Å². The SMILES string of the molecule is Cc1cc2c(N3CCN(Cc4ccccc4)CC3)nc(-c3ccccc3)nc2s1. The molecule has 0 N–H and O–H groups in total. The Hall–Kier alpha value is -2.76. The highest BCUT2D eigenvalue weighted by molar-refractivity contribution is 7.18. The van der Waals surface area contributed by atoms with Crippen LogP contribution in [-0.4, -0.2) is 41.0 Å². The molecular weight excluding hydrogens is 376 g/mol. The van der Waals surface area contributed by atoms with Gasteiger partial charge in [0.15, 0.2) is 5.82 Å². The Bertz CT molecular complexity index is 1100. The smallest absolute Gasteiger partial charge is 0.163 e. The minimum Gasteiger partial charge on any atom is -0.353 e. The molecule has 3 heterocycles. The van der Waals surface area contributed by atoms with Crippen LogP contribution in [0.15, 0.2) is 66.7 Å². The number of nitrogens with zero attached hydrogens (tertiary/aromatic N) is 4. The van der Waals surface area contributed by atoms with Crippen LogP contribution in [0.25, 0.3) is 21.6 Å². The molecule has 2 aromatic carbocycles. The summed E-state index contributed by atoms with van der Waals surface area (Å²) in [5.74, 6) is 1.90. The first kappa shape index (κ1) is 18.3. The number of anilines is 1. The summed E-state index contributed by atoms with van der Waals surface area (Å²) in [6.07, 6.45) is 0. The summed E-state index contributed by atoms with van der Waals surface area (Å²) < 4.78 is 0. The molecule has 1 aliphatic heterocycles. The van der Waals surface area contributed by atoms with Crippen molar-refractivity contribution in [2.24, 2.45) is 0 Å². The molecule has 0 atom stereocenters. The molecule has 0 radical (unpaired) electrons. The zero-order valence-electron chi connectivity index (χ0n) is 16.6. The molecule has 4 nitrogen and oxygen atoms in total.